The van der Waals surface area contributed by atoms with Crippen LogP contribution in [-0.2, 0) is 11.3 Å². The third-order valence-corrected chi connectivity index (χ3v) is 6.12. The summed E-state index contributed by atoms with van der Waals surface area (Å²) in [5.41, 5.74) is 3.38. The fraction of sp³-hybridized carbons (Fsp3) is 0.500. The summed E-state index contributed by atoms with van der Waals surface area (Å²) in [6.45, 7) is 5.38. The molecule has 2 fully saturated rings. The van der Waals surface area contributed by atoms with Crippen molar-refractivity contribution in [3.05, 3.63) is 59.3 Å². The molecule has 2 aliphatic heterocycles. The Morgan fingerprint density at radius 1 is 1.07 bits per heavy atom. The summed E-state index contributed by atoms with van der Waals surface area (Å²) in [5, 5.41) is 0. The molecule has 0 radical (unpaired) electrons. The molecule has 1 amide bonds. The van der Waals surface area contributed by atoms with E-state index < -0.39 is 0 Å². The van der Waals surface area contributed by atoms with Gasteiger partial charge in [-0.3, -0.25) is 0 Å². The van der Waals surface area contributed by atoms with Crippen LogP contribution >= 0.6 is 0 Å². The number of ether oxygens (including phenoxy) is 1. The molecule has 0 spiro atoms. The molecule has 5 heteroatoms. The van der Waals surface area contributed by atoms with Crippen molar-refractivity contribution >= 4 is 11.9 Å². The highest BCUT2D eigenvalue weighted by Crippen LogP contribution is 2.34. The highest BCUT2D eigenvalue weighted by molar-refractivity contribution is 5.68. The zero-order valence-corrected chi connectivity index (χ0v) is 17.3. The van der Waals surface area contributed by atoms with Gasteiger partial charge in [0.15, 0.2) is 0 Å². The molecule has 0 saturated carbocycles. The number of aryl methyl sites for hydroxylation is 1. The standard InChI is InChI=1S/C24H31N3O2/c1-19-16-23(26-13-7-3-8-14-26)25-17-21(19)22-12-6-9-15-27(22)24(28)29-18-20-10-4-2-5-11-20/h2,4-5,10-11,16-17,22H,3,6-9,12-15,18H2,1H3/t22-/m1/s1. The predicted molar refractivity (Wildman–Crippen MR) is 115 cm³/mol. The Bertz CT molecular complexity index is 818. The number of anilines is 1. The maximum atomic E-state index is 12.9. The molecule has 2 aromatic rings. The van der Waals surface area contributed by atoms with E-state index in [1.165, 1.54) is 24.8 Å². The second kappa shape index (κ2) is 9.29. The molecule has 5 nitrogen and oxygen atoms in total. The Hall–Kier alpha value is -2.56. The van der Waals surface area contributed by atoms with Crippen molar-refractivity contribution in [1.29, 1.82) is 0 Å². The summed E-state index contributed by atoms with van der Waals surface area (Å²) in [7, 11) is 0. The van der Waals surface area contributed by atoms with E-state index in [0.29, 0.717) is 6.61 Å². The van der Waals surface area contributed by atoms with E-state index in [1.807, 2.05) is 41.4 Å². The van der Waals surface area contributed by atoms with Gasteiger partial charge in [0.25, 0.3) is 0 Å². The van der Waals surface area contributed by atoms with Gasteiger partial charge in [-0.2, -0.15) is 0 Å². The first kappa shape index (κ1) is 19.7. The summed E-state index contributed by atoms with van der Waals surface area (Å²) < 4.78 is 5.64. The number of hydrogen-bond donors (Lipinski definition) is 0. The van der Waals surface area contributed by atoms with Gasteiger partial charge in [0.1, 0.15) is 12.4 Å². The molecule has 29 heavy (non-hydrogen) atoms. The molecule has 1 aromatic carbocycles. The number of carbonyl (C=O) groups is 1. The number of pyridine rings is 1. The van der Waals surface area contributed by atoms with E-state index in [0.717, 1.165) is 55.8 Å². The number of aromatic nitrogens is 1. The van der Waals surface area contributed by atoms with Crippen LogP contribution in [0.4, 0.5) is 10.6 Å². The van der Waals surface area contributed by atoms with Crippen molar-refractivity contribution in [3.8, 4) is 0 Å². The molecule has 0 unspecified atom stereocenters. The number of piperidine rings is 2. The summed E-state index contributed by atoms with van der Waals surface area (Å²) in [5.74, 6) is 1.07. The van der Waals surface area contributed by atoms with Crippen molar-refractivity contribution in [1.82, 2.24) is 9.88 Å². The monoisotopic (exact) mass is 393 g/mol. The summed E-state index contributed by atoms with van der Waals surface area (Å²) >= 11 is 0. The van der Waals surface area contributed by atoms with E-state index in [-0.39, 0.29) is 12.1 Å². The molecule has 4 rings (SSSR count). The van der Waals surface area contributed by atoms with E-state index in [4.69, 9.17) is 9.72 Å². The average Bonchev–Trinajstić information content (AvgIpc) is 2.79. The zero-order valence-electron chi connectivity index (χ0n) is 17.3. The first-order valence-electron chi connectivity index (χ1n) is 10.9. The molecular weight excluding hydrogens is 362 g/mol. The molecule has 154 valence electrons. The van der Waals surface area contributed by atoms with Gasteiger partial charge in [-0.25, -0.2) is 9.78 Å². The van der Waals surface area contributed by atoms with E-state index >= 15 is 0 Å². The van der Waals surface area contributed by atoms with E-state index in [1.54, 1.807) is 0 Å². The quantitative estimate of drug-likeness (QED) is 0.712. The molecule has 1 atom stereocenters. The molecule has 2 aliphatic rings. The lowest BCUT2D eigenvalue weighted by Gasteiger charge is -2.36. The van der Waals surface area contributed by atoms with Crippen molar-refractivity contribution in [3.63, 3.8) is 0 Å². The maximum absolute atomic E-state index is 12.9. The van der Waals surface area contributed by atoms with Crippen molar-refractivity contribution in [2.75, 3.05) is 24.5 Å². The normalized spacial score (nSPS) is 19.8. The van der Waals surface area contributed by atoms with E-state index in [2.05, 4.69) is 17.9 Å². The van der Waals surface area contributed by atoms with Gasteiger partial charge >= 0.3 is 6.09 Å². The van der Waals surface area contributed by atoms with Crippen LogP contribution in [0.1, 0.15) is 61.3 Å². The van der Waals surface area contributed by atoms with Crippen LogP contribution in [0.5, 0.6) is 0 Å². The molecule has 1 aromatic heterocycles. The number of nitrogens with zero attached hydrogens (tertiary/aromatic N) is 3. The maximum Gasteiger partial charge on any atom is 0.410 e. The lowest BCUT2D eigenvalue weighted by Crippen LogP contribution is -2.39. The largest absolute Gasteiger partial charge is 0.445 e. The Morgan fingerprint density at radius 2 is 1.83 bits per heavy atom. The van der Waals surface area contributed by atoms with Gasteiger partial charge in [-0.05, 0) is 68.2 Å². The van der Waals surface area contributed by atoms with Crippen LogP contribution in [-0.4, -0.2) is 35.6 Å². The Balaban J connectivity index is 1.47. The van der Waals surface area contributed by atoms with Crippen LogP contribution in [0.25, 0.3) is 0 Å². The summed E-state index contributed by atoms with van der Waals surface area (Å²) in [6.07, 6.45) is 8.68. The Kier molecular flexibility index (Phi) is 6.33. The van der Waals surface area contributed by atoms with Crippen LogP contribution in [0.15, 0.2) is 42.6 Å². The Labute approximate surface area is 173 Å². The van der Waals surface area contributed by atoms with Gasteiger partial charge in [0.2, 0.25) is 0 Å². The van der Waals surface area contributed by atoms with Gasteiger partial charge in [0, 0.05) is 25.8 Å². The van der Waals surface area contributed by atoms with Gasteiger partial charge < -0.3 is 14.5 Å². The van der Waals surface area contributed by atoms with Crippen molar-refractivity contribution < 1.29 is 9.53 Å². The molecule has 2 saturated heterocycles. The second-order valence-corrected chi connectivity index (χ2v) is 8.19. The number of benzene rings is 1. The minimum absolute atomic E-state index is 0.0509. The molecule has 0 aliphatic carbocycles. The minimum Gasteiger partial charge on any atom is -0.445 e. The number of amides is 1. The summed E-state index contributed by atoms with van der Waals surface area (Å²) in [6, 6.07) is 12.1. The fourth-order valence-corrected chi connectivity index (χ4v) is 4.47. The van der Waals surface area contributed by atoms with Crippen LogP contribution in [0.3, 0.4) is 0 Å². The smallest absolute Gasteiger partial charge is 0.410 e. The van der Waals surface area contributed by atoms with Crippen LogP contribution in [0.2, 0.25) is 0 Å². The predicted octanol–water partition coefficient (Wildman–Crippen LogP) is 5.24. The number of carbonyl (C=O) groups excluding carboxylic acids is 1. The van der Waals surface area contributed by atoms with Crippen molar-refractivity contribution in [2.24, 2.45) is 0 Å². The molecule has 0 N–H and O–H groups in total. The zero-order chi connectivity index (χ0) is 20.1. The number of likely N-dealkylation sites (tertiary alicyclic amines) is 1. The second-order valence-electron chi connectivity index (χ2n) is 8.19. The third-order valence-electron chi connectivity index (χ3n) is 6.12. The Morgan fingerprint density at radius 3 is 2.59 bits per heavy atom. The lowest BCUT2D eigenvalue weighted by atomic mass is 9.94. The van der Waals surface area contributed by atoms with Crippen LogP contribution < -0.4 is 4.90 Å². The van der Waals surface area contributed by atoms with Gasteiger partial charge in [-0.1, -0.05) is 30.3 Å². The third kappa shape index (κ3) is 4.72. The fourth-order valence-electron chi connectivity index (χ4n) is 4.47. The molecule has 0 bridgehead atoms. The first-order chi connectivity index (χ1) is 14.2. The summed E-state index contributed by atoms with van der Waals surface area (Å²) in [4.78, 5) is 21.9. The van der Waals surface area contributed by atoms with E-state index in [9.17, 15) is 4.79 Å². The first-order valence-corrected chi connectivity index (χ1v) is 10.9. The highest BCUT2D eigenvalue weighted by Gasteiger charge is 2.30. The minimum atomic E-state index is -0.224. The molecular formula is C24H31N3O2. The number of rotatable bonds is 4. The van der Waals surface area contributed by atoms with Gasteiger partial charge in [-0.15, -0.1) is 0 Å². The molecule has 3 heterocycles. The SMILES string of the molecule is Cc1cc(N2CCCCC2)ncc1[C@H]1CCCCN1C(=O)OCc1ccccc1. The topological polar surface area (TPSA) is 45.7 Å². The number of hydrogen-bond acceptors (Lipinski definition) is 4. The van der Waals surface area contributed by atoms with Crippen molar-refractivity contribution in [2.45, 2.75) is 58.1 Å². The van der Waals surface area contributed by atoms with Gasteiger partial charge in [0.05, 0.1) is 6.04 Å². The average molecular weight is 394 g/mol. The highest BCUT2D eigenvalue weighted by atomic mass is 16.6. The van der Waals surface area contributed by atoms with Crippen LogP contribution in [0, 0.1) is 6.92 Å². The lowest BCUT2D eigenvalue weighted by molar-refractivity contribution is 0.0677.